The first-order valence-corrected chi connectivity index (χ1v) is 7.78. The van der Waals surface area contributed by atoms with Gasteiger partial charge < -0.3 is 15.3 Å². The van der Waals surface area contributed by atoms with Crippen LogP contribution in [0.5, 0.6) is 0 Å². The molecule has 20 heavy (non-hydrogen) atoms. The minimum atomic E-state index is -0.374. The van der Waals surface area contributed by atoms with Crippen LogP contribution in [0.15, 0.2) is 22.7 Å². The molecule has 1 aliphatic rings. The molecule has 2 amide bonds. The highest BCUT2D eigenvalue weighted by molar-refractivity contribution is 9.10. The topological polar surface area (TPSA) is 52.6 Å². The zero-order valence-electron chi connectivity index (χ0n) is 11.9. The summed E-state index contributed by atoms with van der Waals surface area (Å²) >= 11 is 3.42. The molecule has 0 bridgehead atoms. The third-order valence-corrected chi connectivity index (χ3v) is 4.19. The molecule has 2 unspecified atom stereocenters. The zero-order valence-corrected chi connectivity index (χ0v) is 13.5. The number of halogens is 1. The van der Waals surface area contributed by atoms with E-state index in [0.717, 1.165) is 35.1 Å². The molecule has 0 aliphatic carbocycles. The number of likely N-dealkylation sites (tertiary alicyclic amines) is 1. The van der Waals surface area contributed by atoms with Crippen LogP contribution in [0.1, 0.15) is 31.7 Å². The molecule has 0 spiro atoms. The van der Waals surface area contributed by atoms with E-state index in [4.69, 9.17) is 0 Å². The highest BCUT2D eigenvalue weighted by atomic mass is 79.9. The molecule has 5 heteroatoms. The van der Waals surface area contributed by atoms with Crippen LogP contribution in [0.2, 0.25) is 0 Å². The van der Waals surface area contributed by atoms with Crippen molar-refractivity contribution in [1.29, 1.82) is 0 Å². The first-order chi connectivity index (χ1) is 9.47. The van der Waals surface area contributed by atoms with Gasteiger partial charge in [0.15, 0.2) is 0 Å². The second-order valence-electron chi connectivity index (χ2n) is 5.46. The summed E-state index contributed by atoms with van der Waals surface area (Å²) in [5, 5.41) is 12.5. The molecule has 0 aromatic heterocycles. The lowest BCUT2D eigenvalue weighted by Crippen LogP contribution is -2.40. The summed E-state index contributed by atoms with van der Waals surface area (Å²) in [4.78, 5) is 14.2. The number of hydrogen-bond acceptors (Lipinski definition) is 2. The summed E-state index contributed by atoms with van der Waals surface area (Å²) in [5.41, 5.74) is 1.86. The van der Waals surface area contributed by atoms with Crippen molar-refractivity contribution in [1.82, 2.24) is 4.90 Å². The number of aliphatic hydroxyl groups excluding tert-OH is 1. The van der Waals surface area contributed by atoms with Gasteiger partial charge in [0.25, 0.3) is 0 Å². The van der Waals surface area contributed by atoms with Crippen LogP contribution < -0.4 is 5.32 Å². The van der Waals surface area contributed by atoms with Gasteiger partial charge in [0.1, 0.15) is 0 Å². The SMILES string of the molecule is Cc1ccc(Br)cc1NC(=O)N1CCCC1CC(C)O. The predicted molar refractivity (Wildman–Crippen MR) is 83.9 cm³/mol. The average Bonchev–Trinajstić information content (AvgIpc) is 2.81. The Hall–Kier alpha value is -1.07. The van der Waals surface area contributed by atoms with E-state index in [2.05, 4.69) is 21.2 Å². The fraction of sp³-hybridized carbons (Fsp3) is 0.533. The van der Waals surface area contributed by atoms with E-state index in [1.165, 1.54) is 0 Å². The van der Waals surface area contributed by atoms with E-state index in [0.29, 0.717) is 6.42 Å². The van der Waals surface area contributed by atoms with E-state index in [9.17, 15) is 9.90 Å². The number of nitrogens with zero attached hydrogens (tertiary/aromatic N) is 1. The number of nitrogens with one attached hydrogen (secondary N) is 1. The molecule has 1 aliphatic heterocycles. The van der Waals surface area contributed by atoms with E-state index in [-0.39, 0.29) is 18.2 Å². The average molecular weight is 341 g/mol. The maximum atomic E-state index is 12.4. The van der Waals surface area contributed by atoms with Crippen LogP contribution in [0.3, 0.4) is 0 Å². The Bertz CT molecular complexity index is 491. The highest BCUT2D eigenvalue weighted by Gasteiger charge is 2.29. The van der Waals surface area contributed by atoms with Gasteiger partial charge in [0.05, 0.1) is 6.10 Å². The second kappa shape index (κ2) is 6.59. The molecule has 1 heterocycles. The molecule has 1 saturated heterocycles. The Morgan fingerprint density at radius 2 is 2.35 bits per heavy atom. The minimum absolute atomic E-state index is 0.0747. The number of rotatable bonds is 3. The summed E-state index contributed by atoms with van der Waals surface area (Å²) in [7, 11) is 0. The molecule has 2 rings (SSSR count). The van der Waals surface area contributed by atoms with Gasteiger partial charge in [-0.25, -0.2) is 4.79 Å². The number of benzene rings is 1. The second-order valence-corrected chi connectivity index (χ2v) is 6.38. The quantitative estimate of drug-likeness (QED) is 0.884. The number of anilines is 1. The zero-order chi connectivity index (χ0) is 14.7. The first kappa shape index (κ1) is 15.3. The van der Waals surface area contributed by atoms with Crippen molar-refractivity contribution in [3.8, 4) is 0 Å². The van der Waals surface area contributed by atoms with Gasteiger partial charge in [-0.2, -0.15) is 0 Å². The van der Waals surface area contributed by atoms with Crippen molar-refractivity contribution < 1.29 is 9.90 Å². The van der Waals surface area contributed by atoms with Crippen molar-refractivity contribution in [2.75, 3.05) is 11.9 Å². The molecule has 110 valence electrons. The Kier molecular flexibility index (Phi) is 5.05. The standard InChI is InChI=1S/C15H21BrN2O2/c1-10-5-6-12(16)9-14(10)17-15(20)18-7-3-4-13(18)8-11(2)19/h5-6,9,11,13,19H,3-4,7-8H2,1-2H3,(H,17,20). The predicted octanol–water partition coefficient (Wildman–Crippen LogP) is 3.52. The Labute approximate surface area is 128 Å². The number of hydrogen-bond donors (Lipinski definition) is 2. The van der Waals surface area contributed by atoms with Crippen LogP contribution in [0.4, 0.5) is 10.5 Å². The molecule has 4 nitrogen and oxygen atoms in total. The summed E-state index contributed by atoms with van der Waals surface area (Å²) in [6.07, 6.45) is 2.24. The first-order valence-electron chi connectivity index (χ1n) is 6.99. The molecule has 1 aromatic carbocycles. The summed E-state index contributed by atoms with van der Waals surface area (Å²) < 4.78 is 0.945. The van der Waals surface area contributed by atoms with E-state index in [1.54, 1.807) is 6.92 Å². The molecule has 2 atom stereocenters. The van der Waals surface area contributed by atoms with Crippen LogP contribution in [0.25, 0.3) is 0 Å². The summed E-state index contributed by atoms with van der Waals surface area (Å²) in [6.45, 7) is 4.50. The van der Waals surface area contributed by atoms with E-state index < -0.39 is 0 Å². The number of urea groups is 1. The van der Waals surface area contributed by atoms with Crippen LogP contribution >= 0.6 is 15.9 Å². The number of carbonyl (C=O) groups is 1. The molecule has 2 N–H and O–H groups in total. The molecular formula is C15H21BrN2O2. The van der Waals surface area contributed by atoms with Crippen LogP contribution in [-0.2, 0) is 0 Å². The van der Waals surface area contributed by atoms with Gasteiger partial charge in [-0.3, -0.25) is 0 Å². The van der Waals surface area contributed by atoms with Gasteiger partial charge in [0, 0.05) is 22.7 Å². The fourth-order valence-electron chi connectivity index (χ4n) is 2.66. The van der Waals surface area contributed by atoms with Gasteiger partial charge in [0.2, 0.25) is 0 Å². The maximum absolute atomic E-state index is 12.4. The molecule has 1 fully saturated rings. The highest BCUT2D eigenvalue weighted by Crippen LogP contribution is 2.25. The minimum Gasteiger partial charge on any atom is -0.393 e. The normalized spacial score (nSPS) is 20.0. The monoisotopic (exact) mass is 340 g/mol. The Balaban J connectivity index is 2.05. The van der Waals surface area contributed by atoms with Crippen molar-refractivity contribution in [3.63, 3.8) is 0 Å². The molecular weight excluding hydrogens is 320 g/mol. The van der Waals surface area contributed by atoms with Gasteiger partial charge in [-0.05, 0) is 50.8 Å². The third-order valence-electron chi connectivity index (χ3n) is 3.69. The number of amides is 2. The summed E-state index contributed by atoms with van der Waals surface area (Å²) in [6, 6.07) is 5.90. The maximum Gasteiger partial charge on any atom is 0.322 e. The van der Waals surface area contributed by atoms with Gasteiger partial charge in [-0.1, -0.05) is 22.0 Å². The lowest BCUT2D eigenvalue weighted by Gasteiger charge is -2.26. The smallest absolute Gasteiger partial charge is 0.322 e. The van der Waals surface area contributed by atoms with E-state index >= 15 is 0 Å². The Morgan fingerprint density at radius 3 is 3.05 bits per heavy atom. The van der Waals surface area contributed by atoms with E-state index in [1.807, 2.05) is 30.0 Å². The van der Waals surface area contributed by atoms with Crippen LogP contribution in [-0.4, -0.2) is 34.7 Å². The number of aryl methyl sites for hydroxylation is 1. The third kappa shape index (κ3) is 3.73. The summed E-state index contributed by atoms with van der Waals surface area (Å²) in [5.74, 6) is 0. The number of aliphatic hydroxyl groups is 1. The lowest BCUT2D eigenvalue weighted by atomic mass is 10.1. The molecule has 1 aromatic rings. The van der Waals surface area contributed by atoms with Crippen molar-refractivity contribution in [2.45, 2.75) is 45.3 Å². The number of carbonyl (C=O) groups excluding carboxylic acids is 1. The van der Waals surface area contributed by atoms with Crippen molar-refractivity contribution in [3.05, 3.63) is 28.2 Å². The fourth-order valence-corrected chi connectivity index (χ4v) is 3.02. The van der Waals surface area contributed by atoms with Crippen LogP contribution in [0, 0.1) is 6.92 Å². The van der Waals surface area contributed by atoms with Gasteiger partial charge in [-0.15, -0.1) is 0 Å². The lowest BCUT2D eigenvalue weighted by molar-refractivity contribution is 0.142. The largest absolute Gasteiger partial charge is 0.393 e. The van der Waals surface area contributed by atoms with Gasteiger partial charge >= 0.3 is 6.03 Å². The van der Waals surface area contributed by atoms with Crippen molar-refractivity contribution >= 4 is 27.6 Å². The Morgan fingerprint density at radius 1 is 1.60 bits per heavy atom. The van der Waals surface area contributed by atoms with Crippen molar-refractivity contribution in [2.24, 2.45) is 0 Å². The molecule has 0 radical (unpaired) electrons. The molecule has 0 saturated carbocycles.